The van der Waals surface area contributed by atoms with Crippen LogP contribution in [0.5, 0.6) is 0 Å². The van der Waals surface area contributed by atoms with Gasteiger partial charge in [0, 0.05) is 12.1 Å². The summed E-state index contributed by atoms with van der Waals surface area (Å²) in [5, 5.41) is 4.13. The zero-order chi connectivity index (χ0) is 14.3. The van der Waals surface area contributed by atoms with Crippen LogP contribution in [0.4, 0.5) is 8.78 Å². The van der Waals surface area contributed by atoms with E-state index in [0.29, 0.717) is 27.9 Å². The Kier molecular flexibility index (Phi) is 3.17. The molecule has 0 amide bonds. The number of rotatable bonds is 3. The first kappa shape index (κ1) is 13.0. The summed E-state index contributed by atoms with van der Waals surface area (Å²) in [6.07, 6.45) is 0. The summed E-state index contributed by atoms with van der Waals surface area (Å²) in [5.41, 5.74) is 0.820. The molecule has 3 rings (SSSR count). The average molecular weight is 296 g/mol. The Morgan fingerprint density at radius 3 is 2.70 bits per heavy atom. The van der Waals surface area contributed by atoms with Crippen LogP contribution >= 0.6 is 11.8 Å². The van der Waals surface area contributed by atoms with Crippen molar-refractivity contribution in [2.24, 2.45) is 0 Å². The van der Waals surface area contributed by atoms with Gasteiger partial charge in [-0.25, -0.2) is 13.8 Å². The molecule has 0 bridgehead atoms. The predicted octanol–water partition coefficient (Wildman–Crippen LogP) is 3.39. The van der Waals surface area contributed by atoms with Crippen LogP contribution in [0, 0.1) is 18.6 Å². The third-order valence-electron chi connectivity index (χ3n) is 2.68. The zero-order valence-electron chi connectivity index (χ0n) is 10.6. The molecule has 2 aromatic heterocycles. The van der Waals surface area contributed by atoms with Crippen molar-refractivity contribution >= 4 is 22.8 Å². The van der Waals surface area contributed by atoms with Gasteiger partial charge in [0.15, 0.2) is 22.6 Å². The normalized spacial score (nSPS) is 13.0. The van der Waals surface area contributed by atoms with Crippen molar-refractivity contribution in [1.29, 1.82) is 0 Å². The highest BCUT2D eigenvalue weighted by Gasteiger charge is 2.17. The number of aromatic nitrogens is 4. The lowest BCUT2D eigenvalue weighted by Gasteiger charge is -2.01. The number of hydrogen-bond acceptors (Lipinski definition) is 5. The highest BCUT2D eigenvalue weighted by atomic mass is 32.2. The molecule has 0 radical (unpaired) electrons. The summed E-state index contributed by atoms with van der Waals surface area (Å²) < 4.78 is 31.3. The first-order chi connectivity index (χ1) is 9.52. The first-order valence-electron chi connectivity index (χ1n) is 5.84. The van der Waals surface area contributed by atoms with Crippen molar-refractivity contribution in [3.63, 3.8) is 0 Å². The van der Waals surface area contributed by atoms with Crippen LogP contribution in [0.1, 0.15) is 23.9 Å². The maximum Gasteiger partial charge on any atom is 0.239 e. The third-order valence-corrected chi connectivity index (χ3v) is 3.65. The Bertz CT molecular complexity index is 731. The molecule has 8 heteroatoms. The monoisotopic (exact) mass is 296 g/mol. The van der Waals surface area contributed by atoms with Crippen LogP contribution < -0.4 is 0 Å². The van der Waals surface area contributed by atoms with Crippen LogP contribution in [0.25, 0.3) is 11.0 Å². The molecule has 2 heterocycles. The van der Waals surface area contributed by atoms with Gasteiger partial charge in [-0.1, -0.05) is 16.9 Å². The number of hydrogen-bond donors (Lipinski definition) is 1. The van der Waals surface area contributed by atoms with Gasteiger partial charge in [-0.15, -0.1) is 0 Å². The highest BCUT2D eigenvalue weighted by Crippen LogP contribution is 2.33. The van der Waals surface area contributed by atoms with Gasteiger partial charge in [-0.05, 0) is 13.8 Å². The van der Waals surface area contributed by atoms with E-state index in [1.807, 2.05) is 6.92 Å². The van der Waals surface area contributed by atoms with E-state index in [9.17, 15) is 8.78 Å². The van der Waals surface area contributed by atoms with Crippen molar-refractivity contribution in [2.75, 3.05) is 0 Å². The predicted molar refractivity (Wildman–Crippen MR) is 69.3 cm³/mol. The highest BCUT2D eigenvalue weighted by molar-refractivity contribution is 7.99. The van der Waals surface area contributed by atoms with Crippen LogP contribution in [-0.2, 0) is 0 Å². The largest absolute Gasteiger partial charge is 0.338 e. The molecule has 1 atom stereocenters. The van der Waals surface area contributed by atoms with Crippen molar-refractivity contribution in [3.8, 4) is 0 Å². The van der Waals surface area contributed by atoms with Crippen molar-refractivity contribution in [3.05, 3.63) is 35.5 Å². The van der Waals surface area contributed by atoms with Crippen LogP contribution in [-0.4, -0.2) is 20.1 Å². The Balaban J connectivity index is 1.87. The van der Waals surface area contributed by atoms with Gasteiger partial charge in [0.1, 0.15) is 0 Å². The number of aryl methyl sites for hydroxylation is 1. The molecule has 0 spiro atoms. The quantitative estimate of drug-likeness (QED) is 0.750. The van der Waals surface area contributed by atoms with E-state index in [-0.39, 0.29) is 5.25 Å². The van der Waals surface area contributed by atoms with Crippen molar-refractivity contribution < 1.29 is 13.3 Å². The Morgan fingerprint density at radius 2 is 2.00 bits per heavy atom. The molecule has 0 unspecified atom stereocenters. The maximum absolute atomic E-state index is 13.1. The minimum Gasteiger partial charge on any atom is -0.338 e. The van der Waals surface area contributed by atoms with Gasteiger partial charge in [-0.3, -0.25) is 0 Å². The SMILES string of the molecule is Cc1noc([C@@H](C)Sc2nc3cc(F)c(F)cc3[nH]2)n1. The van der Waals surface area contributed by atoms with Crippen LogP contribution in [0.2, 0.25) is 0 Å². The fourth-order valence-corrected chi connectivity index (χ4v) is 2.58. The zero-order valence-corrected chi connectivity index (χ0v) is 11.5. The van der Waals surface area contributed by atoms with Gasteiger partial charge in [0.05, 0.1) is 16.3 Å². The molecule has 104 valence electrons. The molecular formula is C12H10F2N4OS. The lowest BCUT2D eigenvalue weighted by Crippen LogP contribution is -1.89. The Morgan fingerprint density at radius 1 is 1.25 bits per heavy atom. The van der Waals surface area contributed by atoms with E-state index in [1.165, 1.54) is 11.8 Å². The van der Waals surface area contributed by atoms with Gasteiger partial charge >= 0.3 is 0 Å². The number of aromatic amines is 1. The van der Waals surface area contributed by atoms with Crippen molar-refractivity contribution in [2.45, 2.75) is 24.3 Å². The van der Waals surface area contributed by atoms with E-state index in [2.05, 4.69) is 20.1 Å². The molecule has 20 heavy (non-hydrogen) atoms. The molecular weight excluding hydrogens is 286 g/mol. The smallest absolute Gasteiger partial charge is 0.239 e. The van der Waals surface area contributed by atoms with E-state index in [0.717, 1.165) is 12.1 Å². The topological polar surface area (TPSA) is 67.6 Å². The fourth-order valence-electron chi connectivity index (χ4n) is 1.73. The molecule has 3 aromatic rings. The summed E-state index contributed by atoms with van der Waals surface area (Å²) in [5.74, 6) is -0.786. The number of thioether (sulfide) groups is 1. The second-order valence-electron chi connectivity index (χ2n) is 4.27. The van der Waals surface area contributed by atoms with Crippen molar-refractivity contribution in [1.82, 2.24) is 20.1 Å². The number of imidazole rings is 1. The Labute approximate surface area is 116 Å². The van der Waals surface area contributed by atoms with E-state index in [1.54, 1.807) is 6.92 Å². The second-order valence-corrected chi connectivity index (χ2v) is 5.59. The van der Waals surface area contributed by atoms with E-state index in [4.69, 9.17) is 4.52 Å². The minimum absolute atomic E-state index is 0.119. The molecule has 0 saturated carbocycles. The first-order valence-corrected chi connectivity index (χ1v) is 6.72. The maximum atomic E-state index is 13.1. The average Bonchev–Trinajstić information content (AvgIpc) is 2.96. The molecule has 0 fully saturated rings. The van der Waals surface area contributed by atoms with Gasteiger partial charge in [0.2, 0.25) is 5.89 Å². The van der Waals surface area contributed by atoms with Gasteiger partial charge < -0.3 is 9.51 Å². The fraction of sp³-hybridized carbons (Fsp3) is 0.250. The van der Waals surface area contributed by atoms with Gasteiger partial charge in [-0.2, -0.15) is 4.98 Å². The summed E-state index contributed by atoms with van der Waals surface area (Å²) in [7, 11) is 0. The molecule has 0 saturated heterocycles. The standard InChI is InChI=1S/C12H10F2N4OS/c1-5(11-15-6(2)18-19-11)20-12-16-9-3-7(13)8(14)4-10(9)17-12/h3-5H,1-2H3,(H,16,17)/t5-/m1/s1. The summed E-state index contributed by atoms with van der Waals surface area (Å²) in [4.78, 5) is 11.3. The number of H-pyrrole nitrogens is 1. The molecule has 0 aliphatic carbocycles. The van der Waals surface area contributed by atoms with Crippen LogP contribution in [0.3, 0.4) is 0 Å². The number of benzene rings is 1. The summed E-state index contributed by atoms with van der Waals surface area (Å²) in [6, 6.07) is 2.15. The minimum atomic E-state index is -0.916. The number of nitrogens with one attached hydrogen (secondary N) is 1. The lowest BCUT2D eigenvalue weighted by atomic mass is 10.3. The summed E-state index contributed by atoms with van der Waals surface area (Å²) >= 11 is 1.34. The number of nitrogens with zero attached hydrogens (tertiary/aromatic N) is 3. The molecule has 1 aromatic carbocycles. The number of halogens is 2. The second kappa shape index (κ2) is 4.86. The molecule has 1 N–H and O–H groups in total. The Hall–Kier alpha value is -1.96. The van der Waals surface area contributed by atoms with E-state index < -0.39 is 11.6 Å². The lowest BCUT2D eigenvalue weighted by molar-refractivity contribution is 0.376. The molecule has 0 aliphatic heterocycles. The van der Waals surface area contributed by atoms with E-state index >= 15 is 0 Å². The van der Waals surface area contributed by atoms with Gasteiger partial charge in [0.25, 0.3) is 0 Å². The summed E-state index contributed by atoms with van der Waals surface area (Å²) in [6.45, 7) is 3.61. The molecule has 0 aliphatic rings. The molecule has 5 nitrogen and oxygen atoms in total. The number of fused-ring (bicyclic) bond motifs is 1. The third kappa shape index (κ3) is 2.38. The van der Waals surface area contributed by atoms with Crippen LogP contribution in [0.15, 0.2) is 21.8 Å².